The summed E-state index contributed by atoms with van der Waals surface area (Å²) < 4.78 is 16.0. The summed E-state index contributed by atoms with van der Waals surface area (Å²) in [7, 11) is 1.61. The molecule has 0 saturated carbocycles. The molecule has 3 aromatic carbocycles. The molecular formula is C27H28N2O5. The molecule has 3 aromatic rings. The van der Waals surface area contributed by atoms with Crippen molar-refractivity contribution in [3.8, 4) is 17.2 Å². The van der Waals surface area contributed by atoms with Gasteiger partial charge in [0.05, 0.1) is 7.11 Å². The third-order valence-corrected chi connectivity index (χ3v) is 5.71. The van der Waals surface area contributed by atoms with Gasteiger partial charge < -0.3 is 24.4 Å². The third-order valence-electron chi connectivity index (χ3n) is 5.71. The van der Waals surface area contributed by atoms with Gasteiger partial charge in [-0.3, -0.25) is 9.59 Å². The zero-order valence-electron chi connectivity index (χ0n) is 19.3. The minimum Gasteiger partial charge on any atom is -0.497 e. The maximum Gasteiger partial charge on any atom is 0.247 e. The number of hydrogen-bond donors (Lipinski definition) is 1. The summed E-state index contributed by atoms with van der Waals surface area (Å²) in [5.41, 5.74) is 2.54. The molecule has 0 aromatic heterocycles. The largest absolute Gasteiger partial charge is 0.497 e. The molecule has 1 aliphatic heterocycles. The Balaban J connectivity index is 1.58. The highest BCUT2D eigenvalue weighted by Gasteiger charge is 2.30. The van der Waals surface area contributed by atoms with Gasteiger partial charge in [0.25, 0.3) is 0 Å². The van der Waals surface area contributed by atoms with Gasteiger partial charge in [0, 0.05) is 19.5 Å². The van der Waals surface area contributed by atoms with Crippen LogP contribution in [0.15, 0.2) is 72.8 Å². The fourth-order valence-electron chi connectivity index (χ4n) is 3.90. The molecule has 1 N–H and O–H groups in total. The monoisotopic (exact) mass is 460 g/mol. The van der Waals surface area contributed by atoms with E-state index in [-0.39, 0.29) is 25.0 Å². The van der Waals surface area contributed by atoms with Gasteiger partial charge in [-0.2, -0.15) is 0 Å². The van der Waals surface area contributed by atoms with Crippen LogP contribution in [-0.2, 0) is 22.7 Å². The minimum atomic E-state index is -0.773. The fourth-order valence-corrected chi connectivity index (χ4v) is 3.90. The molecule has 0 aliphatic carbocycles. The average Bonchev–Trinajstić information content (AvgIpc) is 3.35. The second-order valence-electron chi connectivity index (χ2n) is 7.94. The van der Waals surface area contributed by atoms with Crippen LogP contribution in [-0.4, -0.2) is 30.6 Å². The van der Waals surface area contributed by atoms with Crippen LogP contribution in [0, 0.1) is 0 Å². The van der Waals surface area contributed by atoms with Gasteiger partial charge in [-0.05, 0) is 41.0 Å². The van der Waals surface area contributed by atoms with Crippen LogP contribution in [0.2, 0.25) is 0 Å². The van der Waals surface area contributed by atoms with Crippen molar-refractivity contribution in [2.45, 2.75) is 32.5 Å². The first kappa shape index (κ1) is 23.2. The highest BCUT2D eigenvalue weighted by Crippen LogP contribution is 2.32. The topological polar surface area (TPSA) is 77.1 Å². The van der Waals surface area contributed by atoms with Crippen molar-refractivity contribution in [1.82, 2.24) is 10.2 Å². The zero-order valence-corrected chi connectivity index (χ0v) is 19.3. The van der Waals surface area contributed by atoms with E-state index >= 15 is 0 Å². The van der Waals surface area contributed by atoms with Crippen molar-refractivity contribution < 1.29 is 23.8 Å². The Kier molecular flexibility index (Phi) is 7.32. The van der Waals surface area contributed by atoms with Gasteiger partial charge in [-0.25, -0.2) is 0 Å². The molecule has 1 heterocycles. The Morgan fingerprint density at radius 1 is 0.971 bits per heavy atom. The van der Waals surface area contributed by atoms with E-state index in [1.54, 1.807) is 18.9 Å². The van der Waals surface area contributed by atoms with E-state index < -0.39 is 6.04 Å². The third kappa shape index (κ3) is 5.31. The first-order valence-corrected chi connectivity index (χ1v) is 11.2. The smallest absolute Gasteiger partial charge is 0.247 e. The van der Waals surface area contributed by atoms with Gasteiger partial charge >= 0.3 is 0 Å². The van der Waals surface area contributed by atoms with E-state index in [2.05, 4.69) is 5.32 Å². The van der Waals surface area contributed by atoms with Crippen LogP contribution >= 0.6 is 0 Å². The van der Waals surface area contributed by atoms with Gasteiger partial charge in [0.15, 0.2) is 11.5 Å². The number of fused-ring (bicyclic) bond motifs is 1. The Morgan fingerprint density at radius 3 is 2.38 bits per heavy atom. The SMILES string of the molecule is CCC(=O)N(Cc1ccc(OC)cc1)[C@H](C(=O)NCc1ccc2c(c1)OCO2)c1ccccc1. The minimum absolute atomic E-state index is 0.108. The van der Waals surface area contributed by atoms with Gasteiger partial charge in [0.1, 0.15) is 11.8 Å². The highest BCUT2D eigenvalue weighted by molar-refractivity contribution is 5.88. The van der Waals surface area contributed by atoms with E-state index in [1.807, 2.05) is 72.8 Å². The van der Waals surface area contributed by atoms with E-state index in [9.17, 15) is 9.59 Å². The Morgan fingerprint density at radius 2 is 1.68 bits per heavy atom. The number of carbonyl (C=O) groups excluding carboxylic acids is 2. The van der Waals surface area contributed by atoms with Gasteiger partial charge in [0.2, 0.25) is 18.6 Å². The lowest BCUT2D eigenvalue weighted by Gasteiger charge is -2.31. The van der Waals surface area contributed by atoms with Crippen molar-refractivity contribution >= 4 is 11.8 Å². The van der Waals surface area contributed by atoms with E-state index in [0.29, 0.717) is 24.6 Å². The number of hydrogen-bond acceptors (Lipinski definition) is 5. The summed E-state index contributed by atoms with van der Waals surface area (Å²) in [5.74, 6) is 1.73. The van der Waals surface area contributed by atoms with E-state index in [0.717, 1.165) is 22.4 Å². The maximum atomic E-state index is 13.5. The summed E-state index contributed by atoms with van der Waals surface area (Å²) in [4.78, 5) is 28.2. The molecule has 7 heteroatoms. The number of nitrogens with one attached hydrogen (secondary N) is 1. The molecular weight excluding hydrogens is 432 g/mol. The summed E-state index contributed by atoms with van der Waals surface area (Å²) in [6.45, 7) is 2.60. The van der Waals surface area contributed by atoms with Crippen molar-refractivity contribution in [3.05, 3.63) is 89.5 Å². The summed E-state index contributed by atoms with van der Waals surface area (Å²) >= 11 is 0. The number of nitrogens with zero attached hydrogens (tertiary/aromatic N) is 1. The second-order valence-corrected chi connectivity index (χ2v) is 7.94. The predicted octanol–water partition coefficient (Wildman–Crippen LogP) is 4.22. The Labute approximate surface area is 199 Å². The van der Waals surface area contributed by atoms with Gasteiger partial charge in [-0.15, -0.1) is 0 Å². The number of amides is 2. The second kappa shape index (κ2) is 10.7. The molecule has 4 rings (SSSR count). The van der Waals surface area contributed by atoms with Crippen molar-refractivity contribution in [3.63, 3.8) is 0 Å². The van der Waals surface area contributed by atoms with Crippen LogP contribution in [0.5, 0.6) is 17.2 Å². The summed E-state index contributed by atoms with van der Waals surface area (Å²) in [6, 6.07) is 21.7. The summed E-state index contributed by atoms with van der Waals surface area (Å²) in [6.07, 6.45) is 0.287. The number of ether oxygens (including phenoxy) is 3. The van der Waals surface area contributed by atoms with Gasteiger partial charge in [-0.1, -0.05) is 55.5 Å². The molecule has 7 nitrogen and oxygen atoms in total. The molecule has 0 radical (unpaired) electrons. The lowest BCUT2D eigenvalue weighted by atomic mass is 10.0. The van der Waals surface area contributed by atoms with Crippen LogP contribution in [0.25, 0.3) is 0 Å². The van der Waals surface area contributed by atoms with E-state index in [1.165, 1.54) is 0 Å². The fraction of sp³-hybridized carbons (Fsp3) is 0.259. The molecule has 0 bridgehead atoms. The predicted molar refractivity (Wildman–Crippen MR) is 127 cm³/mol. The number of carbonyl (C=O) groups is 2. The molecule has 176 valence electrons. The molecule has 0 spiro atoms. The average molecular weight is 461 g/mol. The van der Waals surface area contributed by atoms with Crippen molar-refractivity contribution in [2.24, 2.45) is 0 Å². The quantitative estimate of drug-likeness (QED) is 0.517. The maximum absolute atomic E-state index is 13.5. The molecule has 1 atom stereocenters. The molecule has 0 saturated heterocycles. The normalized spacial score (nSPS) is 12.6. The molecule has 0 fully saturated rings. The van der Waals surface area contributed by atoms with Crippen LogP contribution in [0.1, 0.15) is 36.1 Å². The Hall–Kier alpha value is -4.00. The highest BCUT2D eigenvalue weighted by atomic mass is 16.7. The molecule has 2 amide bonds. The number of methoxy groups -OCH3 is 1. The molecule has 1 aliphatic rings. The number of benzene rings is 3. The molecule has 34 heavy (non-hydrogen) atoms. The number of rotatable bonds is 9. The first-order valence-electron chi connectivity index (χ1n) is 11.2. The van der Waals surface area contributed by atoms with Crippen LogP contribution in [0.3, 0.4) is 0 Å². The standard InChI is InChI=1S/C27H28N2O5/c1-3-25(30)29(17-19-9-12-22(32-2)13-10-19)26(21-7-5-4-6-8-21)27(31)28-16-20-11-14-23-24(15-20)34-18-33-23/h4-15,26H,3,16-18H2,1-2H3,(H,28,31)/t26-/m0/s1. The van der Waals surface area contributed by atoms with Crippen LogP contribution < -0.4 is 19.5 Å². The van der Waals surface area contributed by atoms with E-state index in [4.69, 9.17) is 14.2 Å². The summed E-state index contributed by atoms with van der Waals surface area (Å²) in [5, 5.41) is 3.00. The first-order chi connectivity index (χ1) is 16.6. The lowest BCUT2D eigenvalue weighted by Crippen LogP contribution is -2.43. The molecule has 0 unspecified atom stereocenters. The Bertz CT molecular complexity index is 1130. The lowest BCUT2D eigenvalue weighted by molar-refractivity contribution is -0.141. The van der Waals surface area contributed by atoms with Crippen molar-refractivity contribution in [1.29, 1.82) is 0 Å². The van der Waals surface area contributed by atoms with Crippen molar-refractivity contribution in [2.75, 3.05) is 13.9 Å². The zero-order chi connectivity index (χ0) is 23.9. The van der Waals surface area contributed by atoms with Crippen LogP contribution in [0.4, 0.5) is 0 Å².